The van der Waals surface area contributed by atoms with Crippen LogP contribution in [0.5, 0.6) is 0 Å². The van der Waals surface area contributed by atoms with Crippen molar-refractivity contribution >= 4 is 71.3 Å². The SMILES string of the molecule is c1ccc(-c2ccc(N(c3cccc(-c4cccc(-c5cc6ccccc6c6ccccc56)c4)c3)c3ccc4c(c3)oc3c5ccccc5ccc43)cc2)cc1. The van der Waals surface area contributed by atoms with Crippen molar-refractivity contribution in [1.29, 1.82) is 0 Å². The van der Waals surface area contributed by atoms with E-state index in [1.54, 1.807) is 0 Å². The highest BCUT2D eigenvalue weighted by atomic mass is 16.3. The van der Waals surface area contributed by atoms with Gasteiger partial charge in [0.25, 0.3) is 0 Å². The predicted molar refractivity (Wildman–Crippen MR) is 237 cm³/mol. The van der Waals surface area contributed by atoms with Crippen LogP contribution in [0.15, 0.2) is 217 Å². The lowest BCUT2D eigenvalue weighted by Gasteiger charge is -2.26. The fourth-order valence-corrected chi connectivity index (χ4v) is 8.50. The van der Waals surface area contributed by atoms with Gasteiger partial charge in [0.1, 0.15) is 11.2 Å². The average molecular weight is 714 g/mol. The van der Waals surface area contributed by atoms with Crippen LogP contribution in [0.25, 0.3) is 87.6 Å². The first-order valence-corrected chi connectivity index (χ1v) is 19.2. The fraction of sp³-hybridized carbons (Fsp3) is 0. The smallest absolute Gasteiger partial charge is 0.143 e. The monoisotopic (exact) mass is 713 g/mol. The quantitative estimate of drug-likeness (QED) is 0.160. The Labute approximate surface area is 325 Å². The van der Waals surface area contributed by atoms with Crippen molar-refractivity contribution in [1.82, 2.24) is 0 Å². The number of hydrogen-bond donors (Lipinski definition) is 0. The first-order valence-electron chi connectivity index (χ1n) is 19.2. The molecule has 0 bridgehead atoms. The molecule has 0 aliphatic carbocycles. The number of hydrogen-bond acceptors (Lipinski definition) is 2. The van der Waals surface area contributed by atoms with Crippen molar-refractivity contribution in [2.45, 2.75) is 0 Å². The summed E-state index contributed by atoms with van der Waals surface area (Å²) >= 11 is 0. The number of rotatable bonds is 6. The molecule has 0 N–H and O–H groups in total. The van der Waals surface area contributed by atoms with E-state index in [0.717, 1.165) is 50.0 Å². The van der Waals surface area contributed by atoms with Gasteiger partial charge in [0, 0.05) is 39.3 Å². The molecule has 0 saturated carbocycles. The second-order valence-corrected chi connectivity index (χ2v) is 14.5. The van der Waals surface area contributed by atoms with E-state index in [-0.39, 0.29) is 0 Å². The topological polar surface area (TPSA) is 16.4 Å². The highest BCUT2D eigenvalue weighted by Gasteiger charge is 2.18. The third kappa shape index (κ3) is 5.42. The number of furan rings is 1. The van der Waals surface area contributed by atoms with E-state index in [1.165, 1.54) is 54.7 Å². The second-order valence-electron chi connectivity index (χ2n) is 14.5. The third-order valence-electron chi connectivity index (χ3n) is 11.2. The van der Waals surface area contributed by atoms with Gasteiger partial charge in [0.15, 0.2) is 0 Å². The summed E-state index contributed by atoms with van der Waals surface area (Å²) in [4.78, 5) is 2.34. The Morgan fingerprint density at radius 2 is 0.875 bits per heavy atom. The van der Waals surface area contributed by atoms with Gasteiger partial charge in [-0.25, -0.2) is 0 Å². The van der Waals surface area contributed by atoms with Crippen LogP contribution in [0.4, 0.5) is 17.1 Å². The van der Waals surface area contributed by atoms with Gasteiger partial charge in [0.05, 0.1) is 0 Å². The second kappa shape index (κ2) is 13.2. The highest BCUT2D eigenvalue weighted by molar-refractivity contribution is 6.16. The van der Waals surface area contributed by atoms with Crippen LogP contribution in [0, 0.1) is 0 Å². The predicted octanol–water partition coefficient (Wildman–Crippen LogP) is 15.5. The van der Waals surface area contributed by atoms with Crippen molar-refractivity contribution in [3.63, 3.8) is 0 Å². The summed E-state index contributed by atoms with van der Waals surface area (Å²) in [5, 5.41) is 9.61. The van der Waals surface area contributed by atoms with E-state index < -0.39 is 0 Å². The molecule has 56 heavy (non-hydrogen) atoms. The van der Waals surface area contributed by atoms with Crippen LogP contribution in [-0.4, -0.2) is 0 Å². The molecule has 11 aromatic rings. The Morgan fingerprint density at radius 1 is 0.286 bits per heavy atom. The van der Waals surface area contributed by atoms with Crippen LogP contribution in [-0.2, 0) is 0 Å². The molecule has 2 heteroatoms. The molecule has 0 amide bonds. The van der Waals surface area contributed by atoms with Gasteiger partial charge in [-0.05, 0) is 115 Å². The standard InChI is InChI=1S/C54H35NO/c1-2-12-36(13-3-1)37-24-27-43(28-25-37)55(45-29-31-50-51-30-26-38-14-4-7-21-47(38)54(51)56-53(50)35-45)44-19-11-17-40(33-44)39-16-10-18-41(32-39)52-34-42-15-5-6-20-46(42)48-22-8-9-23-49(48)52/h1-35H. The maximum absolute atomic E-state index is 6.68. The number of fused-ring (bicyclic) bond motifs is 8. The zero-order valence-corrected chi connectivity index (χ0v) is 30.6. The van der Waals surface area contributed by atoms with Crippen LogP contribution >= 0.6 is 0 Å². The van der Waals surface area contributed by atoms with E-state index in [9.17, 15) is 0 Å². The zero-order chi connectivity index (χ0) is 37.0. The summed E-state index contributed by atoms with van der Waals surface area (Å²) in [6.07, 6.45) is 0. The third-order valence-corrected chi connectivity index (χ3v) is 11.2. The van der Waals surface area contributed by atoms with Gasteiger partial charge < -0.3 is 9.32 Å². The van der Waals surface area contributed by atoms with Gasteiger partial charge in [-0.2, -0.15) is 0 Å². The molecule has 10 aromatic carbocycles. The van der Waals surface area contributed by atoms with E-state index in [4.69, 9.17) is 4.42 Å². The Balaban J connectivity index is 1.05. The maximum atomic E-state index is 6.68. The molecule has 0 saturated heterocycles. The van der Waals surface area contributed by atoms with Crippen LogP contribution in [0.1, 0.15) is 0 Å². The molecule has 0 aliphatic rings. The van der Waals surface area contributed by atoms with E-state index in [1.807, 2.05) is 0 Å². The maximum Gasteiger partial charge on any atom is 0.143 e. The van der Waals surface area contributed by atoms with Gasteiger partial charge in [-0.15, -0.1) is 0 Å². The fourth-order valence-electron chi connectivity index (χ4n) is 8.50. The first-order chi connectivity index (χ1) is 27.7. The Hall–Kier alpha value is -7.42. The molecule has 0 atom stereocenters. The minimum atomic E-state index is 0.867. The molecular weight excluding hydrogens is 679 g/mol. The van der Waals surface area contributed by atoms with Crippen LogP contribution < -0.4 is 4.90 Å². The van der Waals surface area contributed by atoms with Crippen molar-refractivity contribution in [2.24, 2.45) is 0 Å². The van der Waals surface area contributed by atoms with Crippen molar-refractivity contribution in [2.75, 3.05) is 4.90 Å². The summed E-state index contributed by atoms with van der Waals surface area (Å²) in [6.45, 7) is 0. The minimum Gasteiger partial charge on any atom is -0.455 e. The Morgan fingerprint density at radius 3 is 1.71 bits per heavy atom. The Bertz CT molecular complexity index is 3250. The summed E-state index contributed by atoms with van der Waals surface area (Å²) in [6, 6.07) is 76.4. The van der Waals surface area contributed by atoms with Crippen molar-refractivity contribution in [3.8, 4) is 33.4 Å². The molecule has 262 valence electrons. The number of nitrogens with zero attached hydrogens (tertiary/aromatic N) is 1. The molecular formula is C54H35NO. The highest BCUT2D eigenvalue weighted by Crippen LogP contribution is 2.42. The van der Waals surface area contributed by atoms with Gasteiger partial charge in [-0.1, -0.05) is 152 Å². The molecule has 0 spiro atoms. The van der Waals surface area contributed by atoms with E-state index in [2.05, 4.69) is 217 Å². The van der Waals surface area contributed by atoms with Gasteiger partial charge >= 0.3 is 0 Å². The summed E-state index contributed by atoms with van der Waals surface area (Å²) in [5.74, 6) is 0. The largest absolute Gasteiger partial charge is 0.455 e. The molecule has 0 unspecified atom stereocenters. The van der Waals surface area contributed by atoms with E-state index >= 15 is 0 Å². The van der Waals surface area contributed by atoms with E-state index in [0.29, 0.717) is 0 Å². The molecule has 1 heterocycles. The van der Waals surface area contributed by atoms with Crippen LogP contribution in [0.3, 0.4) is 0 Å². The lowest BCUT2D eigenvalue weighted by molar-refractivity contribution is 0.672. The molecule has 11 rings (SSSR count). The molecule has 0 fully saturated rings. The summed E-state index contributed by atoms with van der Waals surface area (Å²) in [7, 11) is 0. The lowest BCUT2D eigenvalue weighted by Crippen LogP contribution is -2.10. The number of anilines is 3. The molecule has 2 nitrogen and oxygen atoms in total. The molecule has 0 radical (unpaired) electrons. The Kier molecular flexibility index (Phi) is 7.53. The number of benzene rings is 10. The summed E-state index contributed by atoms with van der Waals surface area (Å²) in [5.41, 5.74) is 12.1. The van der Waals surface area contributed by atoms with Crippen LogP contribution in [0.2, 0.25) is 0 Å². The minimum absolute atomic E-state index is 0.867. The van der Waals surface area contributed by atoms with Gasteiger partial charge in [-0.3, -0.25) is 0 Å². The van der Waals surface area contributed by atoms with Gasteiger partial charge in [0.2, 0.25) is 0 Å². The average Bonchev–Trinajstić information content (AvgIpc) is 3.65. The summed E-state index contributed by atoms with van der Waals surface area (Å²) < 4.78 is 6.68. The van der Waals surface area contributed by atoms with Crippen molar-refractivity contribution in [3.05, 3.63) is 212 Å². The normalized spacial score (nSPS) is 11.6. The first kappa shape index (κ1) is 32.0. The zero-order valence-electron chi connectivity index (χ0n) is 30.6. The molecule has 0 aliphatic heterocycles. The van der Waals surface area contributed by atoms with Crippen molar-refractivity contribution < 1.29 is 4.42 Å². The molecule has 1 aromatic heterocycles. The lowest BCUT2D eigenvalue weighted by atomic mass is 9.92.